The fourth-order valence-electron chi connectivity index (χ4n) is 2.88. The Bertz CT molecular complexity index is 873. The van der Waals surface area contributed by atoms with Gasteiger partial charge in [0.05, 0.1) is 18.4 Å². The van der Waals surface area contributed by atoms with E-state index in [0.717, 1.165) is 16.7 Å². The summed E-state index contributed by atoms with van der Waals surface area (Å²) in [5.74, 6) is -0.518. The second-order valence-corrected chi connectivity index (χ2v) is 5.74. The van der Waals surface area contributed by atoms with Gasteiger partial charge in [0.15, 0.2) is 0 Å². The van der Waals surface area contributed by atoms with Crippen molar-refractivity contribution in [3.8, 4) is 5.75 Å². The third kappa shape index (κ3) is 2.54. The topological polar surface area (TPSA) is 75.6 Å². The first-order chi connectivity index (χ1) is 11.4. The number of benzene rings is 2. The lowest BCUT2D eigenvalue weighted by Crippen LogP contribution is -2.08. The quantitative estimate of drug-likeness (QED) is 0.657. The SMILES string of the molecule is COC(=O)c1cccc2c1NC(=O)/C2=C/c1cc(C)c(O)c(C)c1. The van der Waals surface area contributed by atoms with E-state index in [2.05, 4.69) is 5.32 Å². The van der Waals surface area contributed by atoms with E-state index in [0.29, 0.717) is 22.4 Å². The van der Waals surface area contributed by atoms with Crippen molar-refractivity contribution in [1.82, 2.24) is 0 Å². The van der Waals surface area contributed by atoms with Crippen LogP contribution in [0.2, 0.25) is 0 Å². The third-order valence-corrected chi connectivity index (χ3v) is 4.07. The molecule has 2 aromatic rings. The van der Waals surface area contributed by atoms with E-state index in [1.807, 2.05) is 26.0 Å². The second kappa shape index (κ2) is 5.85. The highest BCUT2D eigenvalue weighted by molar-refractivity contribution is 6.36. The Kier molecular flexibility index (Phi) is 3.85. The number of nitrogens with one attached hydrogen (secondary N) is 1. The number of para-hydroxylation sites is 1. The van der Waals surface area contributed by atoms with Crippen molar-refractivity contribution >= 4 is 29.2 Å². The molecule has 1 aliphatic heterocycles. The zero-order valence-electron chi connectivity index (χ0n) is 13.6. The molecule has 0 unspecified atom stereocenters. The summed E-state index contributed by atoms with van der Waals surface area (Å²) in [6.07, 6.45) is 1.75. The fourth-order valence-corrected chi connectivity index (χ4v) is 2.88. The monoisotopic (exact) mass is 323 g/mol. The van der Waals surface area contributed by atoms with Crippen molar-refractivity contribution in [2.24, 2.45) is 0 Å². The van der Waals surface area contributed by atoms with Gasteiger partial charge in [-0.1, -0.05) is 12.1 Å². The van der Waals surface area contributed by atoms with E-state index in [1.54, 1.807) is 24.3 Å². The Morgan fingerprint density at radius 1 is 1.21 bits per heavy atom. The highest BCUT2D eigenvalue weighted by atomic mass is 16.5. The van der Waals surface area contributed by atoms with Crippen LogP contribution >= 0.6 is 0 Å². The first-order valence-corrected chi connectivity index (χ1v) is 7.47. The summed E-state index contributed by atoms with van der Waals surface area (Å²) in [5, 5.41) is 12.6. The number of fused-ring (bicyclic) bond motifs is 1. The molecule has 122 valence electrons. The third-order valence-electron chi connectivity index (χ3n) is 4.07. The zero-order valence-corrected chi connectivity index (χ0v) is 13.6. The van der Waals surface area contributed by atoms with Gasteiger partial charge in [0.2, 0.25) is 0 Å². The molecule has 5 heteroatoms. The number of hydrogen-bond acceptors (Lipinski definition) is 4. The van der Waals surface area contributed by atoms with Gasteiger partial charge < -0.3 is 15.2 Å². The van der Waals surface area contributed by atoms with E-state index >= 15 is 0 Å². The van der Waals surface area contributed by atoms with Crippen LogP contribution in [0.25, 0.3) is 11.6 Å². The number of amides is 1. The average molecular weight is 323 g/mol. The number of aryl methyl sites for hydroxylation is 2. The average Bonchev–Trinajstić information content (AvgIpc) is 2.87. The molecular formula is C19H17NO4. The molecule has 0 saturated heterocycles. The zero-order chi connectivity index (χ0) is 17.4. The molecule has 2 aromatic carbocycles. The highest BCUT2D eigenvalue weighted by Gasteiger charge is 2.28. The molecule has 1 amide bonds. The van der Waals surface area contributed by atoms with Crippen molar-refractivity contribution in [3.63, 3.8) is 0 Å². The Hall–Kier alpha value is -3.08. The molecule has 0 aromatic heterocycles. The summed E-state index contributed by atoms with van der Waals surface area (Å²) < 4.78 is 4.76. The minimum Gasteiger partial charge on any atom is -0.507 e. The van der Waals surface area contributed by atoms with Crippen LogP contribution in [0.3, 0.4) is 0 Å². The molecule has 1 heterocycles. The molecule has 0 spiro atoms. The molecule has 24 heavy (non-hydrogen) atoms. The summed E-state index contributed by atoms with van der Waals surface area (Å²) in [4.78, 5) is 24.2. The Morgan fingerprint density at radius 2 is 1.88 bits per heavy atom. The molecule has 5 nitrogen and oxygen atoms in total. The molecule has 2 N–H and O–H groups in total. The maximum absolute atomic E-state index is 12.4. The molecular weight excluding hydrogens is 306 g/mol. The summed E-state index contributed by atoms with van der Waals surface area (Å²) in [5.41, 5.74) is 4.21. The maximum atomic E-state index is 12.4. The number of esters is 1. The van der Waals surface area contributed by atoms with Gasteiger partial charge in [-0.05, 0) is 54.8 Å². The highest BCUT2D eigenvalue weighted by Crippen LogP contribution is 2.36. The van der Waals surface area contributed by atoms with Gasteiger partial charge in [-0.15, -0.1) is 0 Å². The van der Waals surface area contributed by atoms with Crippen LogP contribution in [0.15, 0.2) is 30.3 Å². The second-order valence-electron chi connectivity index (χ2n) is 5.74. The standard InChI is InChI=1S/C19H17NO4/c1-10-7-12(8-11(2)17(10)21)9-15-13-5-4-6-14(19(23)24-3)16(13)20-18(15)22/h4-9,21H,1-3H3,(H,20,22)/b15-9+. The van der Waals surface area contributed by atoms with Gasteiger partial charge in [0.1, 0.15) is 5.75 Å². The number of aromatic hydroxyl groups is 1. The van der Waals surface area contributed by atoms with Gasteiger partial charge in [-0.2, -0.15) is 0 Å². The van der Waals surface area contributed by atoms with Gasteiger partial charge in [-0.25, -0.2) is 4.79 Å². The van der Waals surface area contributed by atoms with Crippen molar-refractivity contribution in [2.45, 2.75) is 13.8 Å². The molecule has 1 aliphatic rings. The van der Waals surface area contributed by atoms with Gasteiger partial charge in [0, 0.05) is 11.1 Å². The van der Waals surface area contributed by atoms with Crippen LogP contribution in [0.4, 0.5) is 5.69 Å². The van der Waals surface area contributed by atoms with Crippen LogP contribution < -0.4 is 5.32 Å². The number of carbonyl (C=O) groups is 2. The van der Waals surface area contributed by atoms with Crippen molar-refractivity contribution in [3.05, 3.63) is 58.1 Å². The lowest BCUT2D eigenvalue weighted by Gasteiger charge is -2.06. The lowest BCUT2D eigenvalue weighted by molar-refractivity contribution is -0.110. The molecule has 0 bridgehead atoms. The van der Waals surface area contributed by atoms with E-state index in [4.69, 9.17) is 4.74 Å². The lowest BCUT2D eigenvalue weighted by atomic mass is 9.99. The van der Waals surface area contributed by atoms with Crippen LogP contribution in [0.5, 0.6) is 5.75 Å². The number of ether oxygens (including phenoxy) is 1. The summed E-state index contributed by atoms with van der Waals surface area (Å²) in [7, 11) is 1.30. The van der Waals surface area contributed by atoms with Gasteiger partial charge >= 0.3 is 5.97 Å². The summed E-state index contributed by atoms with van der Waals surface area (Å²) in [6.45, 7) is 3.62. The van der Waals surface area contributed by atoms with Crippen LogP contribution in [-0.4, -0.2) is 24.1 Å². The number of methoxy groups -OCH3 is 1. The largest absolute Gasteiger partial charge is 0.507 e. The summed E-state index contributed by atoms with van der Waals surface area (Å²) in [6, 6.07) is 8.73. The molecule has 0 fully saturated rings. The fraction of sp³-hybridized carbons (Fsp3) is 0.158. The Morgan fingerprint density at radius 3 is 2.50 bits per heavy atom. The number of phenols is 1. The first kappa shape index (κ1) is 15.8. The summed E-state index contributed by atoms with van der Waals surface area (Å²) >= 11 is 0. The van der Waals surface area contributed by atoms with Crippen molar-refractivity contribution in [1.29, 1.82) is 0 Å². The van der Waals surface area contributed by atoms with E-state index in [9.17, 15) is 14.7 Å². The predicted molar refractivity (Wildman–Crippen MR) is 91.9 cm³/mol. The normalized spacial score (nSPS) is 14.5. The van der Waals surface area contributed by atoms with Crippen LogP contribution in [0, 0.1) is 13.8 Å². The van der Waals surface area contributed by atoms with E-state index < -0.39 is 5.97 Å². The minimum absolute atomic E-state index is 0.251. The van der Waals surface area contributed by atoms with Gasteiger partial charge in [-0.3, -0.25) is 4.79 Å². The van der Waals surface area contributed by atoms with Crippen LogP contribution in [-0.2, 0) is 9.53 Å². The Balaban J connectivity index is 2.13. The van der Waals surface area contributed by atoms with Crippen LogP contribution in [0.1, 0.15) is 32.6 Å². The predicted octanol–water partition coefficient (Wildman–Crippen LogP) is 3.29. The van der Waals surface area contributed by atoms with E-state index in [-0.39, 0.29) is 11.7 Å². The number of phenolic OH excluding ortho intramolecular Hbond substituents is 1. The molecule has 3 rings (SSSR count). The molecule has 0 saturated carbocycles. The van der Waals surface area contributed by atoms with Gasteiger partial charge in [0.25, 0.3) is 5.91 Å². The first-order valence-electron chi connectivity index (χ1n) is 7.47. The minimum atomic E-state index is -0.496. The number of anilines is 1. The Labute approximate surface area is 139 Å². The smallest absolute Gasteiger partial charge is 0.339 e. The van der Waals surface area contributed by atoms with Crippen molar-refractivity contribution < 1.29 is 19.4 Å². The molecule has 0 radical (unpaired) electrons. The van der Waals surface area contributed by atoms with E-state index in [1.165, 1.54) is 7.11 Å². The molecule has 0 aliphatic carbocycles. The maximum Gasteiger partial charge on any atom is 0.339 e. The number of hydrogen-bond donors (Lipinski definition) is 2. The molecule has 0 atom stereocenters. The number of rotatable bonds is 2. The van der Waals surface area contributed by atoms with Crippen molar-refractivity contribution in [2.75, 3.05) is 12.4 Å². The number of carbonyl (C=O) groups excluding carboxylic acids is 2.